The number of aromatic nitrogens is 2. The van der Waals surface area contributed by atoms with E-state index >= 15 is 0 Å². The van der Waals surface area contributed by atoms with Crippen molar-refractivity contribution in [2.45, 2.75) is 45.2 Å². The lowest BCUT2D eigenvalue weighted by Gasteiger charge is -2.44. The van der Waals surface area contributed by atoms with Gasteiger partial charge in [0.1, 0.15) is 0 Å². The summed E-state index contributed by atoms with van der Waals surface area (Å²) in [6.07, 6.45) is 1.03. The summed E-state index contributed by atoms with van der Waals surface area (Å²) in [6.45, 7) is 5.85. The maximum Gasteiger partial charge on any atom is 0.333 e. The number of hydrogen-bond acceptors (Lipinski definition) is 5. The third-order valence-electron chi connectivity index (χ3n) is 6.63. The Kier molecular flexibility index (Phi) is 6.30. The Morgan fingerprint density at radius 1 is 1.09 bits per heavy atom. The van der Waals surface area contributed by atoms with Crippen LogP contribution in [-0.4, -0.2) is 55.3 Å². The molecule has 1 fully saturated rings. The number of imidazole rings is 1. The first kappa shape index (κ1) is 24.4. The average molecular weight is 487 g/mol. The Morgan fingerprint density at radius 3 is 2.38 bits per heavy atom. The number of rotatable bonds is 5. The van der Waals surface area contributed by atoms with Gasteiger partial charge in [0.2, 0.25) is 0 Å². The van der Waals surface area contributed by atoms with Gasteiger partial charge in [0.05, 0.1) is 16.7 Å². The fraction of sp³-hybridized carbons (Fsp3) is 0.440. The summed E-state index contributed by atoms with van der Waals surface area (Å²) in [6, 6.07) is 13.1. The first-order valence-corrected chi connectivity index (χ1v) is 13.4. The summed E-state index contributed by atoms with van der Waals surface area (Å²) in [4.78, 5) is 28.6. The van der Waals surface area contributed by atoms with Gasteiger partial charge in [-0.3, -0.25) is 23.0 Å². The molecule has 1 amide bonds. The molecule has 8 nitrogen and oxygen atoms in total. The van der Waals surface area contributed by atoms with Gasteiger partial charge in [-0.25, -0.2) is 4.79 Å². The molecule has 2 heterocycles. The molecular formula is C25H34N4O4S. The summed E-state index contributed by atoms with van der Waals surface area (Å²) in [5.74, 6) is 0.364. The molecular weight excluding hydrogens is 452 g/mol. The Hall–Kier alpha value is -2.75. The molecule has 1 aliphatic rings. The van der Waals surface area contributed by atoms with Crippen molar-refractivity contribution in [1.29, 1.82) is 0 Å². The molecule has 1 saturated heterocycles. The van der Waals surface area contributed by atoms with Crippen molar-refractivity contribution in [1.82, 2.24) is 14.5 Å². The van der Waals surface area contributed by atoms with Crippen molar-refractivity contribution >= 4 is 33.2 Å². The van der Waals surface area contributed by atoms with Crippen LogP contribution in [0.4, 0.5) is 5.69 Å². The predicted molar refractivity (Wildman–Crippen MR) is 140 cm³/mol. The summed E-state index contributed by atoms with van der Waals surface area (Å²) in [5.41, 5.74) is 3.02. The molecule has 0 unspecified atom stereocenters. The van der Waals surface area contributed by atoms with Crippen molar-refractivity contribution in [2.24, 2.45) is 0 Å². The number of carbonyl (C=O) groups excluding carboxylic acids is 1. The Morgan fingerprint density at radius 2 is 1.76 bits per heavy atom. The van der Waals surface area contributed by atoms with Crippen molar-refractivity contribution in [3.63, 3.8) is 0 Å². The molecule has 0 atom stereocenters. The van der Waals surface area contributed by atoms with Gasteiger partial charge >= 0.3 is 5.69 Å². The van der Waals surface area contributed by atoms with Gasteiger partial charge in [-0.1, -0.05) is 6.07 Å². The average Bonchev–Trinajstić information content (AvgIpc) is 3.07. The van der Waals surface area contributed by atoms with Gasteiger partial charge in [0, 0.05) is 48.4 Å². The maximum atomic E-state index is 13.5. The van der Waals surface area contributed by atoms with Crippen LogP contribution >= 0.6 is 10.6 Å². The van der Waals surface area contributed by atoms with Crippen LogP contribution in [0.3, 0.4) is 0 Å². The highest BCUT2D eigenvalue weighted by Crippen LogP contribution is 2.46. The van der Waals surface area contributed by atoms with E-state index < -0.39 is 16.1 Å². The smallest absolute Gasteiger partial charge is 0.333 e. The second-order valence-electron chi connectivity index (χ2n) is 9.92. The highest BCUT2D eigenvalue weighted by Gasteiger charge is 2.35. The highest BCUT2D eigenvalue weighted by molar-refractivity contribution is 8.24. The third-order valence-corrected chi connectivity index (χ3v) is 8.35. The topological polar surface area (TPSA) is 99.7 Å². The van der Waals surface area contributed by atoms with Gasteiger partial charge in [-0.2, -0.15) is 10.6 Å². The number of anilines is 1. The van der Waals surface area contributed by atoms with Gasteiger partial charge in [0.25, 0.3) is 5.91 Å². The van der Waals surface area contributed by atoms with E-state index in [1.807, 2.05) is 70.1 Å². The van der Waals surface area contributed by atoms with E-state index in [0.717, 1.165) is 16.9 Å². The Labute approximate surface area is 201 Å². The summed E-state index contributed by atoms with van der Waals surface area (Å²) < 4.78 is 23.2. The standard InChI is InChI=1S/C25H34N4O4S/c1-17(2)28-22-15-18(23(30)26-25(3)11-13-34(32,33)14-12-25)9-10-21(22)29(24(28)31)20-8-6-7-19(16-20)27(4)5/h6-10,15-17,32-33H,11-14H2,1-5H3,(H,26,30). The van der Waals surface area contributed by atoms with Crippen molar-refractivity contribution in [2.75, 3.05) is 30.5 Å². The molecule has 3 aromatic rings. The molecule has 9 heteroatoms. The Balaban J connectivity index is 1.74. The lowest BCUT2D eigenvalue weighted by Crippen LogP contribution is -2.50. The number of amides is 1. The minimum absolute atomic E-state index is 0.0901. The fourth-order valence-corrected chi connectivity index (χ4v) is 6.25. The highest BCUT2D eigenvalue weighted by atomic mass is 32.3. The van der Waals surface area contributed by atoms with Crippen LogP contribution in [0.1, 0.15) is 50.0 Å². The molecule has 184 valence electrons. The zero-order valence-electron chi connectivity index (χ0n) is 20.4. The monoisotopic (exact) mass is 486 g/mol. The summed E-state index contributed by atoms with van der Waals surface area (Å²) in [5, 5.41) is 3.09. The molecule has 0 radical (unpaired) electrons. The molecule has 34 heavy (non-hydrogen) atoms. The molecule has 0 saturated carbocycles. The second kappa shape index (κ2) is 8.79. The first-order chi connectivity index (χ1) is 15.9. The SMILES string of the molecule is CC(C)n1c(=O)n(-c2cccc(N(C)C)c2)c2ccc(C(=O)NC3(C)CCS(O)(O)CC3)cc21. The van der Waals surface area contributed by atoms with Crippen molar-refractivity contribution < 1.29 is 13.9 Å². The van der Waals surface area contributed by atoms with Crippen LogP contribution < -0.4 is 15.9 Å². The molecule has 1 aromatic heterocycles. The quantitative estimate of drug-likeness (QED) is 0.494. The van der Waals surface area contributed by atoms with E-state index in [-0.39, 0.29) is 17.6 Å². The molecule has 0 spiro atoms. The molecule has 0 bridgehead atoms. The normalized spacial score (nSPS) is 18.1. The summed E-state index contributed by atoms with van der Waals surface area (Å²) >= 11 is 0. The van der Waals surface area contributed by atoms with Crippen LogP contribution in [0.2, 0.25) is 0 Å². The largest absolute Gasteiger partial charge is 0.378 e. The van der Waals surface area contributed by atoms with E-state index in [1.54, 1.807) is 21.3 Å². The lowest BCUT2D eigenvalue weighted by atomic mass is 9.94. The second-order valence-corrected chi connectivity index (χ2v) is 12.3. The number of nitrogens with one attached hydrogen (secondary N) is 1. The molecule has 4 rings (SSSR count). The lowest BCUT2D eigenvalue weighted by molar-refractivity contribution is 0.0898. The maximum absolute atomic E-state index is 13.5. The number of fused-ring (bicyclic) bond motifs is 1. The van der Waals surface area contributed by atoms with Gasteiger partial charge in [0.15, 0.2) is 0 Å². The summed E-state index contributed by atoms with van der Waals surface area (Å²) in [7, 11) is 1.39. The molecule has 0 aliphatic carbocycles. The molecule has 1 aliphatic heterocycles. The zero-order valence-corrected chi connectivity index (χ0v) is 21.2. The number of benzene rings is 2. The van der Waals surface area contributed by atoms with Crippen LogP contribution in [0, 0.1) is 0 Å². The van der Waals surface area contributed by atoms with Gasteiger partial charge in [-0.15, -0.1) is 0 Å². The van der Waals surface area contributed by atoms with Crippen LogP contribution in [0.15, 0.2) is 47.3 Å². The van der Waals surface area contributed by atoms with Gasteiger partial charge < -0.3 is 10.2 Å². The fourth-order valence-electron chi connectivity index (χ4n) is 4.50. The number of carbonyl (C=O) groups is 1. The first-order valence-electron chi connectivity index (χ1n) is 11.5. The van der Waals surface area contributed by atoms with Crippen molar-refractivity contribution in [3.8, 4) is 5.69 Å². The minimum Gasteiger partial charge on any atom is -0.378 e. The predicted octanol–water partition coefficient (Wildman–Crippen LogP) is 4.47. The van der Waals surface area contributed by atoms with E-state index in [1.165, 1.54) is 0 Å². The Bertz CT molecular complexity index is 1280. The third kappa shape index (κ3) is 4.60. The van der Waals surface area contributed by atoms with E-state index in [9.17, 15) is 18.7 Å². The zero-order chi connectivity index (χ0) is 24.8. The molecule has 3 N–H and O–H groups in total. The van der Waals surface area contributed by atoms with Gasteiger partial charge in [-0.05, 0) is 70.0 Å². The van der Waals surface area contributed by atoms with Crippen LogP contribution in [-0.2, 0) is 0 Å². The van der Waals surface area contributed by atoms with Crippen LogP contribution in [0.5, 0.6) is 0 Å². The van der Waals surface area contributed by atoms with E-state index in [2.05, 4.69) is 5.32 Å². The van der Waals surface area contributed by atoms with E-state index in [4.69, 9.17) is 0 Å². The van der Waals surface area contributed by atoms with E-state index in [0.29, 0.717) is 35.4 Å². The van der Waals surface area contributed by atoms with Crippen molar-refractivity contribution in [3.05, 3.63) is 58.5 Å². The van der Waals surface area contributed by atoms with Crippen LogP contribution in [0.25, 0.3) is 16.7 Å². The number of hydrogen-bond donors (Lipinski definition) is 3. The molecule has 2 aromatic carbocycles. The minimum atomic E-state index is -2.53. The number of nitrogens with zero attached hydrogens (tertiary/aromatic N) is 3.